The van der Waals surface area contributed by atoms with Crippen LogP contribution >= 0.6 is 0 Å². The molecular weight excluding hydrogens is 242 g/mol. The summed E-state index contributed by atoms with van der Waals surface area (Å²) in [6.45, 7) is 0. The van der Waals surface area contributed by atoms with Crippen LogP contribution < -0.4 is 4.74 Å². The number of para-hydroxylation sites is 1. The molecule has 1 aliphatic rings. The molecule has 0 aliphatic heterocycles. The first-order valence-corrected chi connectivity index (χ1v) is 6.53. The number of pyridine rings is 1. The summed E-state index contributed by atoms with van der Waals surface area (Å²) in [4.78, 5) is 15.8. The Morgan fingerprint density at radius 1 is 1.26 bits per heavy atom. The van der Waals surface area contributed by atoms with Gasteiger partial charge >= 0.3 is 5.97 Å². The van der Waals surface area contributed by atoms with E-state index in [0.29, 0.717) is 16.7 Å². The Kier molecular flexibility index (Phi) is 3.07. The standard InChI is InChI=1S/C15H15NO3/c17-15(18)14-11-7-3-4-8-12(11)16-9-13(14)19-10-5-1-2-6-10/h3-4,7-10H,1-2,5-6H2,(H,17,18). The molecule has 1 N–H and O–H groups in total. The van der Waals surface area contributed by atoms with E-state index in [1.807, 2.05) is 12.1 Å². The van der Waals surface area contributed by atoms with Crippen molar-refractivity contribution in [1.29, 1.82) is 0 Å². The fraction of sp³-hybridized carbons (Fsp3) is 0.333. The summed E-state index contributed by atoms with van der Waals surface area (Å²) in [5.41, 5.74) is 0.899. The number of carboxylic acid groups (broad SMARTS) is 1. The summed E-state index contributed by atoms with van der Waals surface area (Å²) in [6.07, 6.45) is 5.94. The van der Waals surface area contributed by atoms with Crippen LogP contribution in [0.25, 0.3) is 10.9 Å². The molecule has 2 aromatic rings. The van der Waals surface area contributed by atoms with Gasteiger partial charge in [0, 0.05) is 5.39 Å². The minimum Gasteiger partial charge on any atom is -0.488 e. The molecule has 0 bridgehead atoms. The molecule has 1 fully saturated rings. The van der Waals surface area contributed by atoms with Crippen molar-refractivity contribution in [3.63, 3.8) is 0 Å². The molecule has 0 amide bonds. The van der Waals surface area contributed by atoms with Crippen molar-refractivity contribution in [3.05, 3.63) is 36.0 Å². The topological polar surface area (TPSA) is 59.4 Å². The van der Waals surface area contributed by atoms with Gasteiger partial charge in [0.05, 0.1) is 17.8 Å². The highest BCUT2D eigenvalue weighted by atomic mass is 16.5. The second-order valence-electron chi connectivity index (χ2n) is 4.84. The van der Waals surface area contributed by atoms with Gasteiger partial charge in [-0.25, -0.2) is 4.79 Å². The van der Waals surface area contributed by atoms with Crippen LogP contribution in [0.1, 0.15) is 36.0 Å². The Hall–Kier alpha value is -2.10. The van der Waals surface area contributed by atoms with Gasteiger partial charge in [0.2, 0.25) is 0 Å². The van der Waals surface area contributed by atoms with Crippen LogP contribution in [0, 0.1) is 0 Å². The number of hydrogen-bond donors (Lipinski definition) is 1. The molecular formula is C15H15NO3. The van der Waals surface area contributed by atoms with Crippen molar-refractivity contribution in [2.45, 2.75) is 31.8 Å². The maximum absolute atomic E-state index is 11.5. The van der Waals surface area contributed by atoms with Gasteiger partial charge in [-0.05, 0) is 31.7 Å². The van der Waals surface area contributed by atoms with Crippen molar-refractivity contribution in [2.24, 2.45) is 0 Å². The molecule has 3 rings (SSSR count). The zero-order valence-electron chi connectivity index (χ0n) is 10.5. The molecule has 0 radical (unpaired) electrons. The zero-order valence-corrected chi connectivity index (χ0v) is 10.5. The van der Waals surface area contributed by atoms with E-state index in [2.05, 4.69) is 4.98 Å². The Balaban J connectivity index is 2.07. The van der Waals surface area contributed by atoms with E-state index in [4.69, 9.17) is 4.74 Å². The van der Waals surface area contributed by atoms with Crippen LogP contribution in [0.2, 0.25) is 0 Å². The van der Waals surface area contributed by atoms with Crippen LogP contribution in [-0.2, 0) is 0 Å². The van der Waals surface area contributed by atoms with Crippen LogP contribution in [0.15, 0.2) is 30.5 Å². The van der Waals surface area contributed by atoms with Gasteiger partial charge < -0.3 is 9.84 Å². The average molecular weight is 257 g/mol. The van der Waals surface area contributed by atoms with Crippen molar-refractivity contribution in [2.75, 3.05) is 0 Å². The third-order valence-corrected chi connectivity index (χ3v) is 3.55. The van der Waals surface area contributed by atoms with Gasteiger partial charge in [-0.3, -0.25) is 4.98 Å². The highest BCUT2D eigenvalue weighted by Gasteiger charge is 2.22. The quantitative estimate of drug-likeness (QED) is 0.916. The van der Waals surface area contributed by atoms with Crippen molar-refractivity contribution in [1.82, 2.24) is 4.98 Å². The van der Waals surface area contributed by atoms with E-state index in [9.17, 15) is 9.90 Å². The molecule has 0 unspecified atom stereocenters. The van der Waals surface area contributed by atoms with Gasteiger partial charge in [-0.15, -0.1) is 0 Å². The first kappa shape index (κ1) is 12.0. The molecule has 98 valence electrons. The largest absolute Gasteiger partial charge is 0.488 e. The smallest absolute Gasteiger partial charge is 0.340 e. The Morgan fingerprint density at radius 2 is 2.00 bits per heavy atom. The van der Waals surface area contributed by atoms with Crippen molar-refractivity contribution in [3.8, 4) is 5.75 Å². The highest BCUT2D eigenvalue weighted by Crippen LogP contribution is 2.30. The van der Waals surface area contributed by atoms with Gasteiger partial charge in [-0.2, -0.15) is 0 Å². The first-order valence-electron chi connectivity index (χ1n) is 6.53. The third kappa shape index (κ3) is 2.26. The van der Waals surface area contributed by atoms with E-state index in [1.54, 1.807) is 12.1 Å². The van der Waals surface area contributed by atoms with E-state index in [0.717, 1.165) is 25.7 Å². The Morgan fingerprint density at radius 3 is 2.74 bits per heavy atom. The minimum atomic E-state index is -0.966. The number of ether oxygens (including phenoxy) is 1. The first-order chi connectivity index (χ1) is 9.25. The zero-order chi connectivity index (χ0) is 13.2. The molecule has 1 aromatic carbocycles. The summed E-state index contributed by atoms with van der Waals surface area (Å²) in [5, 5.41) is 10.1. The SMILES string of the molecule is O=C(O)c1c(OC2CCCC2)cnc2ccccc12. The number of aromatic nitrogens is 1. The summed E-state index contributed by atoms with van der Waals surface area (Å²) < 4.78 is 5.83. The third-order valence-electron chi connectivity index (χ3n) is 3.55. The van der Waals surface area contributed by atoms with Gasteiger partial charge in [0.15, 0.2) is 5.75 Å². The van der Waals surface area contributed by atoms with Crippen LogP contribution in [0.4, 0.5) is 0 Å². The molecule has 1 saturated carbocycles. The predicted octanol–water partition coefficient (Wildman–Crippen LogP) is 3.25. The maximum atomic E-state index is 11.5. The molecule has 1 aromatic heterocycles. The number of carboxylic acids is 1. The molecule has 0 atom stereocenters. The van der Waals surface area contributed by atoms with Crippen molar-refractivity contribution < 1.29 is 14.6 Å². The lowest BCUT2D eigenvalue weighted by molar-refractivity contribution is 0.0691. The van der Waals surface area contributed by atoms with Crippen LogP contribution in [-0.4, -0.2) is 22.2 Å². The molecule has 1 heterocycles. The summed E-state index contributed by atoms with van der Waals surface area (Å²) in [7, 11) is 0. The lowest BCUT2D eigenvalue weighted by Gasteiger charge is -2.15. The number of rotatable bonds is 3. The molecule has 4 heteroatoms. The van der Waals surface area contributed by atoms with Crippen molar-refractivity contribution >= 4 is 16.9 Å². The molecule has 0 saturated heterocycles. The fourth-order valence-corrected chi connectivity index (χ4v) is 2.62. The number of nitrogens with zero attached hydrogens (tertiary/aromatic N) is 1. The highest BCUT2D eigenvalue weighted by molar-refractivity contribution is 6.04. The van der Waals surface area contributed by atoms with E-state index < -0.39 is 5.97 Å². The molecule has 1 aliphatic carbocycles. The molecule has 4 nitrogen and oxygen atoms in total. The fourth-order valence-electron chi connectivity index (χ4n) is 2.62. The number of hydrogen-bond acceptors (Lipinski definition) is 3. The number of carbonyl (C=O) groups is 1. The number of benzene rings is 1. The Bertz CT molecular complexity index is 618. The summed E-state index contributed by atoms with van der Waals surface area (Å²) in [5.74, 6) is -0.579. The van der Waals surface area contributed by atoms with Gasteiger partial charge in [0.25, 0.3) is 0 Å². The van der Waals surface area contributed by atoms with E-state index in [1.165, 1.54) is 6.20 Å². The Labute approximate surface area is 111 Å². The summed E-state index contributed by atoms with van der Waals surface area (Å²) >= 11 is 0. The maximum Gasteiger partial charge on any atom is 0.340 e. The second-order valence-corrected chi connectivity index (χ2v) is 4.84. The average Bonchev–Trinajstić information content (AvgIpc) is 2.91. The molecule has 0 spiro atoms. The molecule has 19 heavy (non-hydrogen) atoms. The van der Waals surface area contributed by atoms with Crippen LogP contribution in [0.5, 0.6) is 5.75 Å². The van der Waals surface area contributed by atoms with Gasteiger partial charge in [-0.1, -0.05) is 18.2 Å². The number of fused-ring (bicyclic) bond motifs is 1. The lowest BCUT2D eigenvalue weighted by Crippen LogP contribution is -2.14. The lowest BCUT2D eigenvalue weighted by atomic mass is 10.1. The van der Waals surface area contributed by atoms with E-state index >= 15 is 0 Å². The van der Waals surface area contributed by atoms with Gasteiger partial charge in [0.1, 0.15) is 5.56 Å². The monoisotopic (exact) mass is 257 g/mol. The summed E-state index contributed by atoms with van der Waals surface area (Å²) in [6, 6.07) is 7.24. The second kappa shape index (κ2) is 4.88. The minimum absolute atomic E-state index is 0.126. The normalized spacial score (nSPS) is 15.8. The number of aromatic carboxylic acids is 1. The van der Waals surface area contributed by atoms with E-state index in [-0.39, 0.29) is 11.7 Å². The van der Waals surface area contributed by atoms with Crippen LogP contribution in [0.3, 0.4) is 0 Å². The predicted molar refractivity (Wildman–Crippen MR) is 71.6 cm³/mol.